The molecular weight excluding hydrogens is 220 g/mol. The summed E-state index contributed by atoms with van der Waals surface area (Å²) in [5.41, 5.74) is 0.542. The number of methoxy groups -OCH3 is 1. The maximum Gasteiger partial charge on any atom is 0.374 e. The maximum atomic E-state index is 11.6. The van der Waals surface area contributed by atoms with E-state index in [1.54, 1.807) is 19.2 Å². The van der Waals surface area contributed by atoms with Gasteiger partial charge < -0.3 is 13.9 Å². The normalized spacial score (nSPS) is 10.2. The Morgan fingerprint density at radius 2 is 2.35 bits per heavy atom. The molecule has 0 amide bonds. The van der Waals surface area contributed by atoms with Gasteiger partial charge in [-0.25, -0.2) is 4.79 Å². The van der Waals surface area contributed by atoms with Crippen molar-refractivity contribution in [1.82, 2.24) is 0 Å². The topological polar surface area (TPSA) is 48.7 Å². The van der Waals surface area contributed by atoms with E-state index in [1.165, 1.54) is 6.08 Å². The van der Waals surface area contributed by atoms with Crippen LogP contribution < -0.4 is 4.74 Å². The molecule has 0 aliphatic carbocycles. The van der Waals surface area contributed by atoms with Crippen LogP contribution in [0.15, 0.2) is 41.3 Å². The molecule has 0 fully saturated rings. The molecule has 4 nitrogen and oxygen atoms in total. The van der Waals surface area contributed by atoms with Gasteiger partial charge in [0.05, 0.1) is 7.11 Å². The molecule has 0 aliphatic heterocycles. The van der Waals surface area contributed by atoms with Crippen molar-refractivity contribution in [2.24, 2.45) is 0 Å². The van der Waals surface area contributed by atoms with Crippen LogP contribution in [0.2, 0.25) is 0 Å². The number of hydrogen-bond acceptors (Lipinski definition) is 4. The lowest BCUT2D eigenvalue weighted by Crippen LogP contribution is -2.03. The lowest BCUT2D eigenvalue weighted by molar-refractivity contribution is 0.0516. The number of fused-ring (bicyclic) bond motifs is 1. The zero-order valence-electron chi connectivity index (χ0n) is 9.43. The predicted octanol–water partition coefficient (Wildman–Crippen LogP) is 2.78. The van der Waals surface area contributed by atoms with Gasteiger partial charge in [-0.15, -0.1) is 0 Å². The Kier molecular flexibility index (Phi) is 3.14. The number of esters is 1. The van der Waals surface area contributed by atoms with E-state index < -0.39 is 5.97 Å². The molecule has 2 rings (SSSR count). The van der Waals surface area contributed by atoms with Gasteiger partial charge in [-0.1, -0.05) is 24.8 Å². The molecule has 0 spiro atoms. The lowest BCUT2D eigenvalue weighted by atomic mass is 10.2. The van der Waals surface area contributed by atoms with Crippen LogP contribution in [0.4, 0.5) is 0 Å². The number of furan rings is 1. The number of hydrogen-bond donors (Lipinski definition) is 0. The first-order valence-electron chi connectivity index (χ1n) is 5.11. The average Bonchev–Trinajstić information content (AvgIpc) is 2.79. The molecule has 0 atom stereocenters. The number of rotatable bonds is 4. The lowest BCUT2D eigenvalue weighted by Gasteiger charge is -1.99. The van der Waals surface area contributed by atoms with Crippen LogP contribution in [-0.4, -0.2) is 19.7 Å². The van der Waals surface area contributed by atoms with Gasteiger partial charge in [0, 0.05) is 5.39 Å². The number of carbonyl (C=O) groups is 1. The zero-order valence-corrected chi connectivity index (χ0v) is 9.43. The van der Waals surface area contributed by atoms with Gasteiger partial charge in [0.2, 0.25) is 5.76 Å². The van der Waals surface area contributed by atoms with Gasteiger partial charge in [0.1, 0.15) is 6.61 Å². The van der Waals surface area contributed by atoms with Crippen LogP contribution in [0.1, 0.15) is 10.6 Å². The Bertz CT molecular complexity index is 554. The average molecular weight is 232 g/mol. The third-order valence-electron chi connectivity index (χ3n) is 2.26. The number of benzene rings is 1. The van der Waals surface area contributed by atoms with Crippen molar-refractivity contribution in [3.05, 3.63) is 42.7 Å². The van der Waals surface area contributed by atoms with Crippen molar-refractivity contribution in [3.8, 4) is 5.75 Å². The summed E-state index contributed by atoms with van der Waals surface area (Å²) in [6.07, 6.45) is 1.50. The first kappa shape index (κ1) is 11.3. The summed E-state index contributed by atoms with van der Waals surface area (Å²) in [4.78, 5) is 11.6. The highest BCUT2D eigenvalue weighted by Gasteiger charge is 2.15. The highest BCUT2D eigenvalue weighted by Crippen LogP contribution is 2.28. The fourth-order valence-electron chi connectivity index (χ4n) is 1.50. The van der Waals surface area contributed by atoms with Gasteiger partial charge in [-0.2, -0.15) is 0 Å². The minimum absolute atomic E-state index is 0.159. The molecule has 0 saturated carbocycles. The van der Waals surface area contributed by atoms with Crippen molar-refractivity contribution >= 4 is 16.9 Å². The van der Waals surface area contributed by atoms with Crippen molar-refractivity contribution in [1.29, 1.82) is 0 Å². The summed E-state index contributed by atoms with van der Waals surface area (Å²) in [5, 5.41) is 0.801. The molecule has 0 radical (unpaired) electrons. The molecule has 88 valence electrons. The summed E-state index contributed by atoms with van der Waals surface area (Å²) in [6, 6.07) is 7.06. The van der Waals surface area contributed by atoms with E-state index in [1.807, 2.05) is 12.1 Å². The Labute approximate surface area is 98.4 Å². The standard InChI is InChI=1S/C13H12O4/c1-3-7-16-13(14)11-8-9-5-4-6-10(15-2)12(9)17-11/h3-6,8H,1,7H2,2H3. The Morgan fingerprint density at radius 3 is 3.06 bits per heavy atom. The molecule has 0 N–H and O–H groups in total. The van der Waals surface area contributed by atoms with Crippen molar-refractivity contribution in [3.63, 3.8) is 0 Å². The second-order valence-electron chi connectivity index (χ2n) is 3.38. The monoisotopic (exact) mass is 232 g/mol. The van der Waals surface area contributed by atoms with E-state index in [0.717, 1.165) is 5.39 Å². The number of para-hydroxylation sites is 1. The summed E-state index contributed by atoms with van der Waals surface area (Å²) >= 11 is 0. The third kappa shape index (κ3) is 2.15. The molecule has 0 bridgehead atoms. The third-order valence-corrected chi connectivity index (χ3v) is 2.26. The quantitative estimate of drug-likeness (QED) is 0.600. The Hall–Kier alpha value is -2.23. The second kappa shape index (κ2) is 4.74. The second-order valence-corrected chi connectivity index (χ2v) is 3.38. The van der Waals surface area contributed by atoms with Crippen LogP contribution in [0.3, 0.4) is 0 Å². The summed E-state index contributed by atoms with van der Waals surface area (Å²) in [5.74, 6) is 0.236. The van der Waals surface area contributed by atoms with Gasteiger partial charge in [0.25, 0.3) is 0 Å². The molecule has 0 unspecified atom stereocenters. The van der Waals surface area contributed by atoms with Crippen LogP contribution in [0, 0.1) is 0 Å². The van der Waals surface area contributed by atoms with Gasteiger partial charge in [0.15, 0.2) is 11.3 Å². The van der Waals surface area contributed by atoms with Crippen LogP contribution >= 0.6 is 0 Å². The largest absolute Gasteiger partial charge is 0.493 e. The highest BCUT2D eigenvalue weighted by molar-refractivity contribution is 5.94. The summed E-state index contributed by atoms with van der Waals surface area (Å²) in [7, 11) is 1.55. The fourth-order valence-corrected chi connectivity index (χ4v) is 1.50. The maximum absolute atomic E-state index is 11.6. The van der Waals surface area contributed by atoms with Gasteiger partial charge in [-0.05, 0) is 12.1 Å². The smallest absolute Gasteiger partial charge is 0.374 e. The van der Waals surface area contributed by atoms with E-state index in [9.17, 15) is 4.79 Å². The summed E-state index contributed by atoms with van der Waals surface area (Å²) in [6.45, 7) is 3.63. The zero-order chi connectivity index (χ0) is 12.3. The van der Waals surface area contributed by atoms with Gasteiger partial charge in [-0.3, -0.25) is 0 Å². The SMILES string of the molecule is C=CCOC(=O)c1cc2cccc(OC)c2o1. The van der Waals surface area contributed by atoms with Crippen LogP contribution in [0.25, 0.3) is 11.0 Å². The minimum Gasteiger partial charge on any atom is -0.493 e. The fraction of sp³-hybridized carbons (Fsp3) is 0.154. The van der Waals surface area contributed by atoms with Crippen molar-refractivity contribution in [2.45, 2.75) is 0 Å². The molecule has 2 aromatic rings. The van der Waals surface area contributed by atoms with E-state index in [2.05, 4.69) is 6.58 Å². The Balaban J connectivity index is 2.37. The van der Waals surface area contributed by atoms with E-state index in [-0.39, 0.29) is 12.4 Å². The van der Waals surface area contributed by atoms with Gasteiger partial charge >= 0.3 is 5.97 Å². The molecular formula is C13H12O4. The predicted molar refractivity (Wildman–Crippen MR) is 63.2 cm³/mol. The highest BCUT2D eigenvalue weighted by atomic mass is 16.5. The number of carbonyl (C=O) groups excluding carboxylic acids is 1. The van der Waals surface area contributed by atoms with E-state index >= 15 is 0 Å². The molecule has 0 aliphatic rings. The van der Waals surface area contributed by atoms with E-state index in [4.69, 9.17) is 13.9 Å². The molecule has 0 saturated heterocycles. The van der Waals surface area contributed by atoms with Crippen molar-refractivity contribution < 1.29 is 18.7 Å². The number of ether oxygens (including phenoxy) is 2. The minimum atomic E-state index is -0.511. The van der Waals surface area contributed by atoms with Crippen LogP contribution in [0.5, 0.6) is 5.75 Å². The van der Waals surface area contributed by atoms with Crippen molar-refractivity contribution in [2.75, 3.05) is 13.7 Å². The van der Waals surface area contributed by atoms with Crippen LogP contribution in [-0.2, 0) is 4.74 Å². The molecule has 1 aromatic carbocycles. The molecule has 1 aromatic heterocycles. The molecule has 1 heterocycles. The first-order valence-corrected chi connectivity index (χ1v) is 5.11. The molecule has 4 heteroatoms. The first-order chi connectivity index (χ1) is 8.26. The van der Waals surface area contributed by atoms with E-state index in [0.29, 0.717) is 11.3 Å². The Morgan fingerprint density at radius 1 is 1.53 bits per heavy atom. The summed E-state index contributed by atoms with van der Waals surface area (Å²) < 4.78 is 15.4. The molecule has 17 heavy (non-hydrogen) atoms.